The van der Waals surface area contributed by atoms with Crippen LogP contribution >= 0.6 is 11.6 Å². The van der Waals surface area contributed by atoms with Crippen molar-refractivity contribution in [1.82, 2.24) is 10.2 Å². The molecule has 1 saturated heterocycles. The molecule has 0 aliphatic carbocycles. The highest BCUT2D eigenvalue weighted by Gasteiger charge is 2.19. The summed E-state index contributed by atoms with van der Waals surface area (Å²) in [5.41, 5.74) is 3.27. The van der Waals surface area contributed by atoms with Crippen molar-refractivity contribution in [3.8, 4) is 11.3 Å². The first kappa shape index (κ1) is 18.8. The lowest BCUT2D eigenvalue weighted by atomic mass is 10.1. The smallest absolute Gasteiger partial charge is 0.222 e. The van der Waals surface area contributed by atoms with E-state index in [4.69, 9.17) is 16.0 Å². The van der Waals surface area contributed by atoms with Crippen LogP contribution in [0.15, 0.2) is 65.1 Å². The van der Waals surface area contributed by atoms with Crippen LogP contribution in [0.2, 0.25) is 5.02 Å². The van der Waals surface area contributed by atoms with Crippen LogP contribution in [0.4, 0.5) is 0 Å². The van der Waals surface area contributed by atoms with Crippen LogP contribution in [0.1, 0.15) is 29.7 Å². The lowest BCUT2D eigenvalue weighted by Gasteiger charge is -2.16. The van der Waals surface area contributed by atoms with Crippen LogP contribution in [-0.2, 0) is 24.4 Å². The van der Waals surface area contributed by atoms with Crippen LogP contribution in [0.5, 0.6) is 0 Å². The molecule has 0 atom stereocenters. The predicted octanol–water partition coefficient (Wildman–Crippen LogP) is 5.01. The van der Waals surface area contributed by atoms with E-state index < -0.39 is 0 Å². The second-order valence-corrected chi connectivity index (χ2v) is 7.50. The molecule has 4 rings (SSSR count). The summed E-state index contributed by atoms with van der Waals surface area (Å²) < 4.78 is 5.92. The second-order valence-electron chi connectivity index (χ2n) is 7.09. The molecule has 5 heteroatoms. The molecule has 0 unspecified atom stereocenters. The zero-order chi connectivity index (χ0) is 19.3. The molecule has 0 radical (unpaired) electrons. The number of hydrogen-bond acceptors (Lipinski definition) is 3. The normalized spacial score (nSPS) is 14.0. The van der Waals surface area contributed by atoms with Gasteiger partial charge >= 0.3 is 0 Å². The monoisotopic (exact) mass is 394 g/mol. The van der Waals surface area contributed by atoms with E-state index in [1.165, 1.54) is 11.1 Å². The number of amides is 1. The van der Waals surface area contributed by atoms with E-state index in [0.29, 0.717) is 24.5 Å². The van der Waals surface area contributed by atoms with Crippen molar-refractivity contribution in [2.75, 3.05) is 6.54 Å². The van der Waals surface area contributed by atoms with Crippen molar-refractivity contribution in [3.05, 3.63) is 82.6 Å². The van der Waals surface area contributed by atoms with Gasteiger partial charge < -0.3 is 14.6 Å². The summed E-state index contributed by atoms with van der Waals surface area (Å²) in [6, 6.07) is 20.0. The molecule has 3 aromatic rings. The number of likely N-dealkylation sites (tertiary alicyclic amines) is 1. The third-order valence-electron chi connectivity index (χ3n) is 4.97. The number of rotatable bonds is 7. The van der Waals surface area contributed by atoms with Gasteiger partial charge in [-0.05, 0) is 41.8 Å². The minimum atomic E-state index is 0.260. The molecule has 2 aromatic carbocycles. The molecule has 1 aliphatic rings. The van der Waals surface area contributed by atoms with Gasteiger partial charge in [0.05, 0.1) is 11.6 Å². The molecule has 4 nitrogen and oxygen atoms in total. The number of halogens is 1. The molecule has 1 aromatic heterocycles. The van der Waals surface area contributed by atoms with Gasteiger partial charge in [-0.3, -0.25) is 4.79 Å². The fourth-order valence-electron chi connectivity index (χ4n) is 3.54. The summed E-state index contributed by atoms with van der Waals surface area (Å²) in [5.74, 6) is 1.91. The summed E-state index contributed by atoms with van der Waals surface area (Å²) >= 11 is 6.24. The van der Waals surface area contributed by atoms with Crippen molar-refractivity contribution in [2.24, 2.45) is 0 Å². The fourth-order valence-corrected chi connectivity index (χ4v) is 3.77. The van der Waals surface area contributed by atoms with E-state index in [1.54, 1.807) is 0 Å². The highest BCUT2D eigenvalue weighted by Crippen LogP contribution is 2.29. The fraction of sp³-hybridized carbons (Fsp3) is 0.261. The molecule has 1 N–H and O–H groups in total. The maximum Gasteiger partial charge on any atom is 0.222 e. The molecule has 0 spiro atoms. The topological polar surface area (TPSA) is 45.5 Å². The Hall–Kier alpha value is -2.56. The molecule has 1 amide bonds. The van der Waals surface area contributed by atoms with Crippen LogP contribution in [0.25, 0.3) is 11.3 Å². The standard InChI is InChI=1S/C23H23ClN2O2/c24-21-8-2-1-7-20(21)22-11-10-19(28-22)15-25-14-17-5-3-6-18(13-17)16-26-12-4-9-23(26)27/h1-3,5-8,10-11,13,25H,4,9,12,14-16H2. The summed E-state index contributed by atoms with van der Waals surface area (Å²) in [7, 11) is 0. The molecule has 28 heavy (non-hydrogen) atoms. The molecule has 2 heterocycles. The summed E-state index contributed by atoms with van der Waals surface area (Å²) in [4.78, 5) is 13.7. The average Bonchev–Trinajstić information content (AvgIpc) is 3.32. The van der Waals surface area contributed by atoms with Crippen LogP contribution in [-0.4, -0.2) is 17.4 Å². The third kappa shape index (κ3) is 4.46. The first-order chi connectivity index (χ1) is 13.7. The second kappa shape index (κ2) is 8.63. The van der Waals surface area contributed by atoms with E-state index in [9.17, 15) is 4.79 Å². The molecule has 1 fully saturated rings. The highest BCUT2D eigenvalue weighted by atomic mass is 35.5. The predicted molar refractivity (Wildman–Crippen MR) is 111 cm³/mol. The van der Waals surface area contributed by atoms with E-state index in [1.807, 2.05) is 41.3 Å². The number of carbonyl (C=O) groups is 1. The van der Waals surface area contributed by atoms with Crippen LogP contribution in [0, 0.1) is 0 Å². The van der Waals surface area contributed by atoms with E-state index in [0.717, 1.165) is 36.6 Å². The van der Waals surface area contributed by atoms with Gasteiger partial charge in [-0.1, -0.05) is 48.0 Å². The molecule has 0 saturated carbocycles. The molecular weight excluding hydrogens is 372 g/mol. The number of nitrogens with one attached hydrogen (secondary N) is 1. The zero-order valence-electron chi connectivity index (χ0n) is 15.7. The first-order valence-electron chi connectivity index (χ1n) is 9.59. The van der Waals surface area contributed by atoms with Crippen molar-refractivity contribution in [1.29, 1.82) is 0 Å². The Morgan fingerprint density at radius 1 is 1.00 bits per heavy atom. The van der Waals surface area contributed by atoms with Gasteiger partial charge in [0.15, 0.2) is 0 Å². The highest BCUT2D eigenvalue weighted by molar-refractivity contribution is 6.33. The van der Waals surface area contributed by atoms with Gasteiger partial charge in [-0.15, -0.1) is 0 Å². The molecule has 1 aliphatic heterocycles. The van der Waals surface area contributed by atoms with Crippen molar-refractivity contribution < 1.29 is 9.21 Å². The largest absolute Gasteiger partial charge is 0.460 e. The molecule has 144 valence electrons. The van der Waals surface area contributed by atoms with Gasteiger partial charge in [0, 0.05) is 31.6 Å². The maximum absolute atomic E-state index is 11.8. The molecule has 0 bridgehead atoms. The Morgan fingerprint density at radius 3 is 2.68 bits per heavy atom. The Kier molecular flexibility index (Phi) is 5.79. The number of carbonyl (C=O) groups excluding carboxylic acids is 1. The number of benzene rings is 2. The van der Waals surface area contributed by atoms with Gasteiger partial charge in [0.2, 0.25) is 5.91 Å². The van der Waals surface area contributed by atoms with Gasteiger partial charge in [-0.2, -0.15) is 0 Å². The summed E-state index contributed by atoms with van der Waals surface area (Å²) in [6.07, 6.45) is 1.65. The van der Waals surface area contributed by atoms with Gasteiger partial charge in [-0.25, -0.2) is 0 Å². The minimum absolute atomic E-state index is 0.260. The Labute approximate surface area is 170 Å². The van der Waals surface area contributed by atoms with Crippen LogP contribution in [0.3, 0.4) is 0 Å². The molecular formula is C23H23ClN2O2. The minimum Gasteiger partial charge on any atom is -0.460 e. The lowest BCUT2D eigenvalue weighted by Crippen LogP contribution is -2.23. The lowest BCUT2D eigenvalue weighted by molar-refractivity contribution is -0.128. The first-order valence-corrected chi connectivity index (χ1v) is 9.97. The Balaban J connectivity index is 1.32. The maximum atomic E-state index is 11.8. The van der Waals surface area contributed by atoms with E-state index in [2.05, 4.69) is 29.6 Å². The summed E-state index contributed by atoms with van der Waals surface area (Å²) in [6.45, 7) is 2.95. The Bertz CT molecular complexity index is 966. The van der Waals surface area contributed by atoms with Crippen molar-refractivity contribution in [2.45, 2.75) is 32.5 Å². The third-order valence-corrected chi connectivity index (χ3v) is 5.30. The van der Waals surface area contributed by atoms with E-state index >= 15 is 0 Å². The quantitative estimate of drug-likeness (QED) is 0.612. The van der Waals surface area contributed by atoms with Gasteiger partial charge in [0.25, 0.3) is 0 Å². The van der Waals surface area contributed by atoms with Crippen molar-refractivity contribution in [3.63, 3.8) is 0 Å². The average molecular weight is 395 g/mol. The van der Waals surface area contributed by atoms with Crippen LogP contribution < -0.4 is 5.32 Å². The summed E-state index contributed by atoms with van der Waals surface area (Å²) in [5, 5.41) is 4.10. The van der Waals surface area contributed by atoms with Crippen molar-refractivity contribution >= 4 is 17.5 Å². The van der Waals surface area contributed by atoms with E-state index in [-0.39, 0.29) is 5.91 Å². The van der Waals surface area contributed by atoms with Gasteiger partial charge in [0.1, 0.15) is 11.5 Å². The SMILES string of the molecule is O=C1CCCN1Cc1cccc(CNCc2ccc(-c3ccccc3Cl)o2)c1. The number of furan rings is 1. The zero-order valence-corrected chi connectivity index (χ0v) is 16.4. The number of nitrogens with zero attached hydrogens (tertiary/aromatic N) is 1. The Morgan fingerprint density at radius 2 is 1.86 bits per heavy atom. The number of hydrogen-bond donors (Lipinski definition) is 1.